The molecule has 0 radical (unpaired) electrons. The molecule has 0 atom stereocenters. The summed E-state index contributed by atoms with van der Waals surface area (Å²) in [5.41, 5.74) is 1.98. The number of carbonyl (C=O) groups is 1. The van der Waals surface area contributed by atoms with E-state index in [1.54, 1.807) is 6.08 Å². The number of anilines is 2. The summed E-state index contributed by atoms with van der Waals surface area (Å²) in [6.45, 7) is 0.724. The number of hydrogen-bond acceptors (Lipinski definition) is 5. The molecular weight excluding hydrogens is 398 g/mol. The molecule has 1 fully saturated rings. The number of para-hydroxylation sites is 1. The maximum Gasteiger partial charge on any atom is 0.244 e. The molecule has 0 aliphatic heterocycles. The predicted molar refractivity (Wildman–Crippen MR) is 132 cm³/mol. The first-order valence-electron chi connectivity index (χ1n) is 11.3. The van der Waals surface area contributed by atoms with Crippen molar-refractivity contribution in [3.05, 3.63) is 66.2 Å². The van der Waals surface area contributed by atoms with Crippen molar-refractivity contribution >= 4 is 34.7 Å². The van der Waals surface area contributed by atoms with E-state index in [4.69, 9.17) is 9.97 Å². The number of amides is 1. The Balaban J connectivity index is 1.27. The molecule has 166 valence electrons. The minimum atomic E-state index is -0.0325. The summed E-state index contributed by atoms with van der Waals surface area (Å²) in [5, 5.41) is 7.65. The van der Waals surface area contributed by atoms with Crippen LogP contribution in [0.2, 0.25) is 0 Å². The molecule has 1 saturated carbocycles. The van der Waals surface area contributed by atoms with Gasteiger partial charge in [0.2, 0.25) is 11.9 Å². The Kier molecular flexibility index (Phi) is 7.00. The zero-order chi connectivity index (χ0) is 22.3. The largest absolute Gasteiger partial charge is 0.362 e. The van der Waals surface area contributed by atoms with Crippen LogP contribution in [0.25, 0.3) is 17.0 Å². The zero-order valence-electron chi connectivity index (χ0n) is 18.8. The van der Waals surface area contributed by atoms with Crippen LogP contribution in [0.4, 0.5) is 11.8 Å². The lowest BCUT2D eigenvalue weighted by Gasteiger charge is -2.29. The van der Waals surface area contributed by atoms with Gasteiger partial charge in [0.1, 0.15) is 5.82 Å². The van der Waals surface area contributed by atoms with Crippen molar-refractivity contribution in [2.45, 2.75) is 31.7 Å². The molecule has 6 nitrogen and oxygen atoms in total. The molecule has 2 N–H and O–H groups in total. The number of rotatable bonds is 7. The van der Waals surface area contributed by atoms with Crippen LogP contribution >= 0.6 is 0 Å². The first-order valence-corrected chi connectivity index (χ1v) is 11.3. The minimum absolute atomic E-state index is 0.0325. The van der Waals surface area contributed by atoms with E-state index in [1.807, 2.05) is 73.6 Å². The van der Waals surface area contributed by atoms with E-state index in [0.717, 1.165) is 54.5 Å². The van der Waals surface area contributed by atoms with Crippen LogP contribution in [0, 0.1) is 5.92 Å². The van der Waals surface area contributed by atoms with Gasteiger partial charge in [-0.1, -0.05) is 42.5 Å². The summed E-state index contributed by atoms with van der Waals surface area (Å²) in [7, 11) is 4.01. The number of fused-ring (bicyclic) bond motifs is 1. The molecule has 32 heavy (non-hydrogen) atoms. The van der Waals surface area contributed by atoms with Crippen molar-refractivity contribution in [3.63, 3.8) is 0 Å². The molecule has 6 heteroatoms. The Bertz CT molecular complexity index is 1070. The third-order valence-electron chi connectivity index (χ3n) is 5.98. The second kappa shape index (κ2) is 10.3. The first-order chi connectivity index (χ1) is 15.6. The van der Waals surface area contributed by atoms with Gasteiger partial charge in [0.15, 0.2) is 0 Å². The van der Waals surface area contributed by atoms with E-state index in [9.17, 15) is 4.79 Å². The molecule has 0 saturated heterocycles. The van der Waals surface area contributed by atoms with Gasteiger partial charge < -0.3 is 15.5 Å². The highest BCUT2D eigenvalue weighted by Gasteiger charge is 2.22. The van der Waals surface area contributed by atoms with Crippen molar-refractivity contribution in [1.82, 2.24) is 15.3 Å². The fraction of sp³-hybridized carbons (Fsp3) is 0.346. The van der Waals surface area contributed by atoms with Crippen LogP contribution in [-0.2, 0) is 4.79 Å². The number of nitrogens with zero attached hydrogens (tertiary/aromatic N) is 3. The van der Waals surface area contributed by atoms with Crippen molar-refractivity contribution in [1.29, 1.82) is 0 Å². The molecule has 1 aromatic heterocycles. The average molecular weight is 430 g/mol. The van der Waals surface area contributed by atoms with Gasteiger partial charge in [0.25, 0.3) is 0 Å². The van der Waals surface area contributed by atoms with E-state index in [0.29, 0.717) is 17.9 Å². The molecule has 3 aromatic rings. The molecule has 1 amide bonds. The van der Waals surface area contributed by atoms with E-state index in [-0.39, 0.29) is 5.91 Å². The molecule has 4 rings (SSSR count). The van der Waals surface area contributed by atoms with Gasteiger partial charge in [-0.05, 0) is 55.4 Å². The van der Waals surface area contributed by atoms with E-state index < -0.39 is 0 Å². The maximum atomic E-state index is 12.1. The summed E-state index contributed by atoms with van der Waals surface area (Å²) < 4.78 is 0. The summed E-state index contributed by atoms with van der Waals surface area (Å²) >= 11 is 0. The number of carbonyl (C=O) groups excluding carboxylic acids is 1. The van der Waals surface area contributed by atoms with Crippen LogP contribution in [0.3, 0.4) is 0 Å². The van der Waals surface area contributed by atoms with Gasteiger partial charge in [0, 0.05) is 38.1 Å². The van der Waals surface area contributed by atoms with Gasteiger partial charge >= 0.3 is 0 Å². The van der Waals surface area contributed by atoms with Gasteiger partial charge in [0.05, 0.1) is 5.52 Å². The third kappa shape index (κ3) is 5.63. The highest BCUT2D eigenvalue weighted by Crippen LogP contribution is 2.28. The van der Waals surface area contributed by atoms with Crippen LogP contribution in [0.5, 0.6) is 0 Å². The molecule has 1 aliphatic rings. The van der Waals surface area contributed by atoms with Gasteiger partial charge in [-0.3, -0.25) is 4.79 Å². The fourth-order valence-electron chi connectivity index (χ4n) is 4.20. The summed E-state index contributed by atoms with van der Waals surface area (Å²) in [6, 6.07) is 18.3. The molecule has 0 spiro atoms. The van der Waals surface area contributed by atoms with E-state index in [1.165, 1.54) is 0 Å². The second-order valence-electron chi connectivity index (χ2n) is 8.63. The summed E-state index contributed by atoms with van der Waals surface area (Å²) in [6.07, 6.45) is 7.72. The average Bonchev–Trinajstić information content (AvgIpc) is 2.82. The number of hydrogen-bond donors (Lipinski definition) is 2. The highest BCUT2D eigenvalue weighted by molar-refractivity contribution is 5.91. The topological polar surface area (TPSA) is 70.2 Å². The van der Waals surface area contributed by atoms with Crippen LogP contribution < -0.4 is 15.5 Å². The Labute approximate surface area is 189 Å². The number of aromatic nitrogens is 2. The molecular formula is C26H31N5O. The standard InChI is InChI=1S/C26H31N5O/c1-31(2)25-22-10-6-7-11-23(22)29-26(30-25)28-21-15-12-20(13-16-21)18-27-24(32)17-14-19-8-4-3-5-9-19/h3-11,14,17,20-21H,12-13,15-16,18H2,1-2H3,(H,27,32)(H,28,29,30). The summed E-state index contributed by atoms with van der Waals surface area (Å²) in [4.78, 5) is 23.6. The predicted octanol–water partition coefficient (Wildman–Crippen LogP) is 4.50. The Morgan fingerprint density at radius 1 is 1.00 bits per heavy atom. The molecule has 0 bridgehead atoms. The normalized spacial score (nSPS) is 18.6. The monoisotopic (exact) mass is 429 g/mol. The molecule has 1 heterocycles. The van der Waals surface area contributed by atoms with Crippen LogP contribution in [0.1, 0.15) is 31.2 Å². The zero-order valence-corrected chi connectivity index (χ0v) is 18.8. The van der Waals surface area contributed by atoms with Gasteiger partial charge in [-0.2, -0.15) is 4.98 Å². The summed E-state index contributed by atoms with van der Waals surface area (Å²) in [5.74, 6) is 2.10. The van der Waals surface area contributed by atoms with Gasteiger partial charge in [-0.25, -0.2) is 4.98 Å². The van der Waals surface area contributed by atoms with Crippen molar-refractivity contribution in [3.8, 4) is 0 Å². The number of benzene rings is 2. The molecule has 0 unspecified atom stereocenters. The van der Waals surface area contributed by atoms with Crippen molar-refractivity contribution in [2.24, 2.45) is 5.92 Å². The number of nitrogens with one attached hydrogen (secondary N) is 2. The smallest absolute Gasteiger partial charge is 0.244 e. The second-order valence-corrected chi connectivity index (χ2v) is 8.63. The van der Waals surface area contributed by atoms with E-state index >= 15 is 0 Å². The van der Waals surface area contributed by atoms with Crippen molar-refractivity contribution < 1.29 is 4.79 Å². The minimum Gasteiger partial charge on any atom is -0.362 e. The highest BCUT2D eigenvalue weighted by atomic mass is 16.1. The Hall–Kier alpha value is -3.41. The Morgan fingerprint density at radius 2 is 1.72 bits per heavy atom. The van der Waals surface area contributed by atoms with Crippen LogP contribution in [-0.4, -0.2) is 42.6 Å². The lowest BCUT2D eigenvalue weighted by molar-refractivity contribution is -0.116. The van der Waals surface area contributed by atoms with Crippen LogP contribution in [0.15, 0.2) is 60.7 Å². The Morgan fingerprint density at radius 3 is 2.47 bits per heavy atom. The van der Waals surface area contributed by atoms with Crippen molar-refractivity contribution in [2.75, 3.05) is 30.9 Å². The SMILES string of the molecule is CN(C)c1nc(NC2CCC(CNC(=O)C=Cc3ccccc3)CC2)nc2ccccc12. The molecule has 1 aliphatic carbocycles. The third-order valence-corrected chi connectivity index (χ3v) is 5.98. The quantitative estimate of drug-likeness (QED) is 0.541. The van der Waals surface area contributed by atoms with E-state index in [2.05, 4.69) is 16.7 Å². The fourth-order valence-corrected chi connectivity index (χ4v) is 4.20. The maximum absolute atomic E-state index is 12.1. The van der Waals surface area contributed by atoms with Gasteiger partial charge in [-0.15, -0.1) is 0 Å². The molecule has 2 aromatic carbocycles. The lowest BCUT2D eigenvalue weighted by Crippen LogP contribution is -2.33. The first kappa shape index (κ1) is 21.8. The lowest BCUT2D eigenvalue weighted by atomic mass is 9.86.